The average molecular weight is 423 g/mol. The SMILES string of the molecule is Cc1cc(C)n(CC(=O)NCC2CCc3nc(-c4ccc(F)cc4)[nH]c(=O)c3CC2)n1. The fourth-order valence-electron chi connectivity index (χ4n) is 4.08. The highest BCUT2D eigenvalue weighted by molar-refractivity contribution is 5.75. The molecule has 0 fully saturated rings. The lowest BCUT2D eigenvalue weighted by Gasteiger charge is -2.15. The Morgan fingerprint density at radius 2 is 1.97 bits per heavy atom. The monoisotopic (exact) mass is 423 g/mol. The predicted octanol–water partition coefficient (Wildman–Crippen LogP) is 2.70. The maximum Gasteiger partial charge on any atom is 0.254 e. The summed E-state index contributed by atoms with van der Waals surface area (Å²) in [4.78, 5) is 32.5. The third-order valence-electron chi connectivity index (χ3n) is 5.80. The molecule has 0 radical (unpaired) electrons. The van der Waals surface area contributed by atoms with E-state index in [4.69, 9.17) is 0 Å². The largest absolute Gasteiger partial charge is 0.354 e. The Labute approximate surface area is 179 Å². The van der Waals surface area contributed by atoms with E-state index in [1.54, 1.807) is 16.8 Å². The van der Waals surface area contributed by atoms with Crippen LogP contribution in [-0.2, 0) is 24.2 Å². The van der Waals surface area contributed by atoms with Crippen LogP contribution in [0.25, 0.3) is 11.4 Å². The minimum Gasteiger partial charge on any atom is -0.354 e. The highest BCUT2D eigenvalue weighted by atomic mass is 19.1. The van der Waals surface area contributed by atoms with Gasteiger partial charge in [0.05, 0.1) is 11.4 Å². The van der Waals surface area contributed by atoms with E-state index in [2.05, 4.69) is 20.4 Å². The average Bonchev–Trinajstić information content (AvgIpc) is 2.92. The van der Waals surface area contributed by atoms with Gasteiger partial charge in [-0.3, -0.25) is 14.3 Å². The van der Waals surface area contributed by atoms with Crippen LogP contribution >= 0.6 is 0 Å². The molecule has 1 amide bonds. The van der Waals surface area contributed by atoms with Gasteiger partial charge in [-0.1, -0.05) is 0 Å². The smallest absolute Gasteiger partial charge is 0.254 e. The van der Waals surface area contributed by atoms with Gasteiger partial charge < -0.3 is 10.3 Å². The number of carbonyl (C=O) groups is 1. The van der Waals surface area contributed by atoms with Gasteiger partial charge in [0.25, 0.3) is 5.56 Å². The van der Waals surface area contributed by atoms with Crippen molar-refractivity contribution in [3.05, 3.63) is 69.1 Å². The number of aromatic nitrogens is 4. The van der Waals surface area contributed by atoms with Crippen LogP contribution in [0.4, 0.5) is 4.39 Å². The van der Waals surface area contributed by atoms with Gasteiger partial charge >= 0.3 is 0 Å². The molecule has 0 spiro atoms. The number of hydrogen-bond acceptors (Lipinski definition) is 4. The first-order valence-corrected chi connectivity index (χ1v) is 10.5. The summed E-state index contributed by atoms with van der Waals surface area (Å²) >= 11 is 0. The van der Waals surface area contributed by atoms with Gasteiger partial charge in [0.2, 0.25) is 5.91 Å². The summed E-state index contributed by atoms with van der Waals surface area (Å²) in [5, 5.41) is 7.33. The van der Waals surface area contributed by atoms with Gasteiger partial charge in [-0.15, -0.1) is 0 Å². The van der Waals surface area contributed by atoms with E-state index >= 15 is 0 Å². The lowest BCUT2D eigenvalue weighted by molar-refractivity contribution is -0.122. The Balaban J connectivity index is 1.39. The van der Waals surface area contributed by atoms with Gasteiger partial charge in [0.1, 0.15) is 18.2 Å². The van der Waals surface area contributed by atoms with Crippen LogP contribution < -0.4 is 10.9 Å². The zero-order valence-electron chi connectivity index (χ0n) is 17.7. The van der Waals surface area contributed by atoms with Crippen molar-refractivity contribution < 1.29 is 9.18 Å². The molecule has 2 aromatic heterocycles. The van der Waals surface area contributed by atoms with Crippen LogP contribution in [0.15, 0.2) is 35.1 Å². The van der Waals surface area contributed by atoms with E-state index in [1.165, 1.54) is 12.1 Å². The fraction of sp³-hybridized carbons (Fsp3) is 0.391. The molecule has 0 bridgehead atoms. The molecular formula is C23H26FN5O2. The van der Waals surface area contributed by atoms with Crippen LogP contribution in [0.5, 0.6) is 0 Å². The number of aromatic amines is 1. The minimum atomic E-state index is -0.330. The second-order valence-corrected chi connectivity index (χ2v) is 8.18. The lowest BCUT2D eigenvalue weighted by atomic mass is 10.00. The third kappa shape index (κ3) is 4.90. The van der Waals surface area contributed by atoms with Gasteiger partial charge in [0, 0.05) is 23.4 Å². The normalized spacial score (nSPS) is 15.9. The first-order chi connectivity index (χ1) is 14.9. The molecule has 1 unspecified atom stereocenters. The number of aryl methyl sites for hydroxylation is 3. The molecule has 0 aliphatic heterocycles. The molecule has 1 aromatic carbocycles. The van der Waals surface area contributed by atoms with E-state index < -0.39 is 0 Å². The molecular weight excluding hydrogens is 397 g/mol. The van der Waals surface area contributed by atoms with Crippen molar-refractivity contribution in [1.29, 1.82) is 0 Å². The number of nitrogens with one attached hydrogen (secondary N) is 2. The van der Waals surface area contributed by atoms with E-state index in [0.717, 1.165) is 29.9 Å². The number of nitrogens with zero attached hydrogens (tertiary/aromatic N) is 3. The Morgan fingerprint density at radius 3 is 2.68 bits per heavy atom. The molecule has 0 saturated carbocycles. The molecule has 3 aromatic rings. The van der Waals surface area contributed by atoms with Crippen LogP contribution in [-0.4, -0.2) is 32.2 Å². The van der Waals surface area contributed by atoms with Crippen molar-refractivity contribution >= 4 is 5.91 Å². The topological polar surface area (TPSA) is 92.7 Å². The van der Waals surface area contributed by atoms with Crippen molar-refractivity contribution in [2.75, 3.05) is 6.54 Å². The number of amides is 1. The summed E-state index contributed by atoms with van der Waals surface area (Å²) < 4.78 is 14.9. The molecule has 4 rings (SSSR count). The molecule has 2 N–H and O–H groups in total. The van der Waals surface area contributed by atoms with Gasteiger partial charge in [-0.05, 0) is 75.8 Å². The van der Waals surface area contributed by atoms with E-state index in [-0.39, 0.29) is 29.7 Å². The van der Waals surface area contributed by atoms with Crippen molar-refractivity contribution in [2.45, 2.75) is 46.1 Å². The molecule has 0 saturated heterocycles. The van der Waals surface area contributed by atoms with Gasteiger partial charge in [0.15, 0.2) is 0 Å². The van der Waals surface area contributed by atoms with E-state index in [0.29, 0.717) is 36.3 Å². The molecule has 31 heavy (non-hydrogen) atoms. The first kappa shape index (κ1) is 21.0. The zero-order valence-corrected chi connectivity index (χ0v) is 17.7. The number of benzene rings is 1. The lowest BCUT2D eigenvalue weighted by Crippen LogP contribution is -2.32. The fourth-order valence-corrected chi connectivity index (χ4v) is 4.08. The van der Waals surface area contributed by atoms with Crippen molar-refractivity contribution in [3.63, 3.8) is 0 Å². The minimum absolute atomic E-state index is 0.0671. The second kappa shape index (κ2) is 8.83. The summed E-state index contributed by atoms with van der Waals surface area (Å²) in [6.07, 6.45) is 2.95. The number of halogens is 1. The molecule has 1 atom stereocenters. The maximum absolute atomic E-state index is 13.2. The predicted molar refractivity (Wildman–Crippen MR) is 115 cm³/mol. The number of carbonyl (C=O) groups excluding carboxylic acids is 1. The maximum atomic E-state index is 13.2. The summed E-state index contributed by atoms with van der Waals surface area (Å²) in [6, 6.07) is 7.87. The number of fused-ring (bicyclic) bond motifs is 1. The Morgan fingerprint density at radius 1 is 1.23 bits per heavy atom. The molecule has 7 nitrogen and oxygen atoms in total. The third-order valence-corrected chi connectivity index (χ3v) is 5.80. The Kier molecular flexibility index (Phi) is 5.97. The Hall–Kier alpha value is -3.29. The first-order valence-electron chi connectivity index (χ1n) is 10.5. The summed E-state index contributed by atoms with van der Waals surface area (Å²) in [7, 11) is 0. The molecule has 1 aliphatic carbocycles. The van der Waals surface area contributed by atoms with Crippen molar-refractivity contribution in [3.8, 4) is 11.4 Å². The second-order valence-electron chi connectivity index (χ2n) is 8.18. The number of hydrogen-bond donors (Lipinski definition) is 2. The highest BCUT2D eigenvalue weighted by Crippen LogP contribution is 2.23. The zero-order chi connectivity index (χ0) is 22.0. The Bertz CT molecular complexity index is 1150. The van der Waals surface area contributed by atoms with Crippen LogP contribution in [0.3, 0.4) is 0 Å². The number of H-pyrrole nitrogens is 1. The van der Waals surface area contributed by atoms with Crippen LogP contribution in [0.2, 0.25) is 0 Å². The summed E-state index contributed by atoms with van der Waals surface area (Å²) in [6.45, 7) is 4.60. The number of rotatable bonds is 5. The summed E-state index contributed by atoms with van der Waals surface area (Å²) in [5.74, 6) is 0.332. The van der Waals surface area contributed by atoms with E-state index in [1.807, 2.05) is 19.9 Å². The molecule has 8 heteroatoms. The summed E-state index contributed by atoms with van der Waals surface area (Å²) in [5.41, 5.74) is 3.89. The molecule has 2 heterocycles. The molecule has 162 valence electrons. The van der Waals surface area contributed by atoms with Crippen molar-refractivity contribution in [2.24, 2.45) is 5.92 Å². The van der Waals surface area contributed by atoms with Crippen molar-refractivity contribution in [1.82, 2.24) is 25.1 Å². The van der Waals surface area contributed by atoms with Crippen LogP contribution in [0, 0.1) is 25.6 Å². The standard InChI is InChI=1S/C23H26FN5O2/c1-14-11-15(2)29(28-14)13-21(30)25-12-16-3-9-19-20(10-4-16)26-22(27-23(19)31)17-5-7-18(24)8-6-17/h5-8,11,16H,3-4,9-10,12-13H2,1-2H3,(H,25,30)(H,26,27,31). The molecule has 1 aliphatic rings. The highest BCUT2D eigenvalue weighted by Gasteiger charge is 2.21. The van der Waals surface area contributed by atoms with Gasteiger partial charge in [-0.2, -0.15) is 5.10 Å². The quantitative estimate of drug-likeness (QED) is 0.617. The van der Waals surface area contributed by atoms with Gasteiger partial charge in [-0.25, -0.2) is 9.37 Å². The van der Waals surface area contributed by atoms with E-state index in [9.17, 15) is 14.0 Å². The van der Waals surface area contributed by atoms with Crippen LogP contribution in [0.1, 0.15) is 35.5 Å².